The fraction of sp³-hybridized carbons (Fsp3) is 0.818. The summed E-state index contributed by atoms with van der Waals surface area (Å²) < 4.78 is 4.66. The van der Waals surface area contributed by atoms with Crippen LogP contribution in [0.4, 0.5) is 0 Å². The number of esters is 1. The van der Waals surface area contributed by atoms with Crippen LogP contribution in [0.15, 0.2) is 0 Å². The van der Waals surface area contributed by atoms with Gasteiger partial charge in [0.1, 0.15) is 0 Å². The van der Waals surface area contributed by atoms with Crippen molar-refractivity contribution >= 4 is 11.9 Å². The molecule has 1 fully saturated rings. The second kappa shape index (κ2) is 5.73. The standard InChI is InChI=1S/C11H18O4/c1-15-11(14)9(7-10(12)13)8-5-3-2-4-6-8/h8-9H,2-7H2,1H3,(H,12,13)/t9-/m0/s1. The van der Waals surface area contributed by atoms with E-state index >= 15 is 0 Å². The van der Waals surface area contributed by atoms with Crippen LogP contribution in [0, 0.1) is 11.8 Å². The summed E-state index contributed by atoms with van der Waals surface area (Å²) >= 11 is 0. The molecule has 86 valence electrons. The van der Waals surface area contributed by atoms with Gasteiger partial charge in [-0.15, -0.1) is 0 Å². The lowest BCUT2D eigenvalue weighted by Crippen LogP contribution is -2.29. The van der Waals surface area contributed by atoms with Crippen LogP contribution in [-0.2, 0) is 14.3 Å². The molecule has 1 atom stereocenters. The van der Waals surface area contributed by atoms with E-state index in [4.69, 9.17) is 5.11 Å². The molecule has 0 aliphatic heterocycles. The van der Waals surface area contributed by atoms with Crippen LogP contribution in [0.5, 0.6) is 0 Å². The summed E-state index contributed by atoms with van der Waals surface area (Å²) in [4.78, 5) is 22.1. The van der Waals surface area contributed by atoms with Crippen LogP contribution >= 0.6 is 0 Å². The zero-order valence-electron chi connectivity index (χ0n) is 9.07. The molecule has 0 aromatic rings. The highest BCUT2D eigenvalue weighted by atomic mass is 16.5. The number of hydrogen-bond donors (Lipinski definition) is 1. The normalized spacial score (nSPS) is 19.5. The van der Waals surface area contributed by atoms with Gasteiger partial charge in [0.15, 0.2) is 0 Å². The topological polar surface area (TPSA) is 63.6 Å². The van der Waals surface area contributed by atoms with Crippen LogP contribution in [0.25, 0.3) is 0 Å². The zero-order valence-corrected chi connectivity index (χ0v) is 9.07. The number of rotatable bonds is 4. The maximum Gasteiger partial charge on any atom is 0.309 e. The minimum atomic E-state index is -0.920. The van der Waals surface area contributed by atoms with Gasteiger partial charge in [-0.3, -0.25) is 9.59 Å². The monoisotopic (exact) mass is 214 g/mol. The number of carbonyl (C=O) groups excluding carboxylic acids is 1. The van der Waals surface area contributed by atoms with E-state index in [1.54, 1.807) is 0 Å². The third-order valence-corrected chi connectivity index (χ3v) is 3.12. The van der Waals surface area contributed by atoms with Crippen LogP contribution in [0.3, 0.4) is 0 Å². The lowest BCUT2D eigenvalue weighted by Gasteiger charge is -2.27. The van der Waals surface area contributed by atoms with Gasteiger partial charge in [0.2, 0.25) is 0 Å². The molecule has 1 N–H and O–H groups in total. The van der Waals surface area contributed by atoms with E-state index in [0.29, 0.717) is 0 Å². The number of ether oxygens (including phenoxy) is 1. The van der Waals surface area contributed by atoms with Crippen LogP contribution in [-0.4, -0.2) is 24.2 Å². The summed E-state index contributed by atoms with van der Waals surface area (Å²) in [6.07, 6.45) is 5.18. The van der Waals surface area contributed by atoms with Crippen molar-refractivity contribution in [3.8, 4) is 0 Å². The van der Waals surface area contributed by atoms with Crippen molar-refractivity contribution in [2.75, 3.05) is 7.11 Å². The Morgan fingerprint density at radius 2 is 1.93 bits per heavy atom. The Morgan fingerprint density at radius 1 is 1.33 bits per heavy atom. The summed E-state index contributed by atoms with van der Waals surface area (Å²) in [5, 5.41) is 8.75. The van der Waals surface area contributed by atoms with Gasteiger partial charge in [0, 0.05) is 0 Å². The van der Waals surface area contributed by atoms with Crippen molar-refractivity contribution in [3.05, 3.63) is 0 Å². The summed E-state index contributed by atoms with van der Waals surface area (Å²) in [6.45, 7) is 0. The first kappa shape index (κ1) is 12.0. The third kappa shape index (κ3) is 3.53. The highest BCUT2D eigenvalue weighted by Crippen LogP contribution is 2.32. The maximum atomic E-state index is 11.5. The molecule has 1 saturated carbocycles. The first-order valence-corrected chi connectivity index (χ1v) is 5.44. The molecule has 4 nitrogen and oxygen atoms in total. The van der Waals surface area contributed by atoms with E-state index in [1.165, 1.54) is 13.5 Å². The van der Waals surface area contributed by atoms with E-state index < -0.39 is 11.9 Å². The molecule has 0 bridgehead atoms. The van der Waals surface area contributed by atoms with Crippen LogP contribution in [0.1, 0.15) is 38.5 Å². The van der Waals surface area contributed by atoms with Crippen molar-refractivity contribution in [1.29, 1.82) is 0 Å². The van der Waals surface area contributed by atoms with Crippen molar-refractivity contribution in [2.45, 2.75) is 38.5 Å². The molecule has 0 saturated heterocycles. The number of carboxylic acid groups (broad SMARTS) is 1. The highest BCUT2D eigenvalue weighted by molar-refractivity contribution is 5.79. The Bertz CT molecular complexity index is 231. The molecule has 0 radical (unpaired) electrons. The number of carbonyl (C=O) groups is 2. The van der Waals surface area contributed by atoms with Crippen molar-refractivity contribution in [1.82, 2.24) is 0 Å². The number of carboxylic acids is 1. The molecule has 1 aliphatic rings. The predicted octanol–water partition coefficient (Wildman–Crippen LogP) is 1.83. The lowest BCUT2D eigenvalue weighted by molar-refractivity contribution is -0.153. The fourth-order valence-electron chi connectivity index (χ4n) is 2.32. The molecule has 0 spiro atoms. The first-order valence-electron chi connectivity index (χ1n) is 5.44. The molecule has 0 unspecified atom stereocenters. The van der Waals surface area contributed by atoms with Gasteiger partial charge in [0.05, 0.1) is 19.4 Å². The molecule has 1 rings (SSSR count). The predicted molar refractivity (Wildman–Crippen MR) is 54.3 cm³/mol. The number of aliphatic carboxylic acids is 1. The Kier molecular flexibility index (Phi) is 4.59. The summed E-state index contributed by atoms with van der Waals surface area (Å²) in [6, 6.07) is 0. The molecule has 0 aromatic heterocycles. The summed E-state index contributed by atoms with van der Waals surface area (Å²) in [5.74, 6) is -1.55. The quantitative estimate of drug-likeness (QED) is 0.725. The maximum absolute atomic E-state index is 11.5. The third-order valence-electron chi connectivity index (χ3n) is 3.12. The van der Waals surface area contributed by atoms with Gasteiger partial charge >= 0.3 is 11.9 Å². The second-order valence-electron chi connectivity index (χ2n) is 4.13. The number of hydrogen-bond acceptors (Lipinski definition) is 3. The minimum Gasteiger partial charge on any atom is -0.481 e. The fourth-order valence-corrected chi connectivity index (χ4v) is 2.32. The van der Waals surface area contributed by atoms with Crippen LogP contribution in [0.2, 0.25) is 0 Å². The smallest absolute Gasteiger partial charge is 0.309 e. The SMILES string of the molecule is COC(=O)[C@@H](CC(=O)O)C1CCCCC1. The summed E-state index contributed by atoms with van der Waals surface area (Å²) in [5.41, 5.74) is 0. The molecule has 1 aliphatic carbocycles. The highest BCUT2D eigenvalue weighted by Gasteiger charge is 2.31. The first-order chi connectivity index (χ1) is 7.15. The molecule has 15 heavy (non-hydrogen) atoms. The Labute approximate surface area is 89.6 Å². The van der Waals surface area contributed by atoms with Crippen molar-refractivity contribution in [2.24, 2.45) is 11.8 Å². The largest absolute Gasteiger partial charge is 0.481 e. The molecule has 0 amide bonds. The average Bonchev–Trinajstić information content (AvgIpc) is 2.26. The van der Waals surface area contributed by atoms with E-state index in [0.717, 1.165) is 25.7 Å². The molecular formula is C11H18O4. The molecule has 0 aromatic carbocycles. The van der Waals surface area contributed by atoms with Crippen LogP contribution < -0.4 is 0 Å². The van der Waals surface area contributed by atoms with Gasteiger partial charge in [0.25, 0.3) is 0 Å². The van der Waals surface area contributed by atoms with Gasteiger partial charge in [-0.2, -0.15) is 0 Å². The van der Waals surface area contributed by atoms with Gasteiger partial charge in [-0.25, -0.2) is 0 Å². The van der Waals surface area contributed by atoms with E-state index in [9.17, 15) is 9.59 Å². The Hall–Kier alpha value is -1.06. The molecule has 0 heterocycles. The van der Waals surface area contributed by atoms with E-state index in [-0.39, 0.29) is 18.3 Å². The summed E-state index contributed by atoms with van der Waals surface area (Å²) in [7, 11) is 1.32. The molecule has 4 heteroatoms. The Morgan fingerprint density at radius 3 is 2.40 bits per heavy atom. The van der Waals surface area contributed by atoms with Gasteiger partial charge in [-0.05, 0) is 18.8 Å². The van der Waals surface area contributed by atoms with E-state index in [2.05, 4.69) is 4.74 Å². The zero-order chi connectivity index (χ0) is 11.3. The van der Waals surface area contributed by atoms with Gasteiger partial charge in [-0.1, -0.05) is 19.3 Å². The van der Waals surface area contributed by atoms with Crippen molar-refractivity contribution in [3.63, 3.8) is 0 Å². The minimum absolute atomic E-state index is 0.0999. The van der Waals surface area contributed by atoms with Gasteiger partial charge < -0.3 is 9.84 Å². The van der Waals surface area contributed by atoms with Crippen molar-refractivity contribution < 1.29 is 19.4 Å². The van der Waals surface area contributed by atoms with E-state index in [1.807, 2.05) is 0 Å². The second-order valence-corrected chi connectivity index (χ2v) is 4.13. The average molecular weight is 214 g/mol. The lowest BCUT2D eigenvalue weighted by atomic mass is 9.78. The number of methoxy groups -OCH3 is 1. The Balaban J connectivity index is 2.60. The molecular weight excluding hydrogens is 196 g/mol.